The molecular weight excluding hydrogens is 381 g/mol. The van der Waals surface area contributed by atoms with Gasteiger partial charge in [-0.15, -0.1) is 0 Å². The van der Waals surface area contributed by atoms with Crippen molar-refractivity contribution in [1.82, 2.24) is 0 Å². The molecule has 0 bridgehead atoms. The summed E-state index contributed by atoms with van der Waals surface area (Å²) in [5.41, 5.74) is 0. The number of phosphoric ester groups is 1. The molecule has 0 aromatic carbocycles. The van der Waals surface area contributed by atoms with Gasteiger partial charge in [-0.05, 0) is 38.5 Å². The van der Waals surface area contributed by atoms with Crippen LogP contribution in [0.2, 0.25) is 0 Å². The summed E-state index contributed by atoms with van der Waals surface area (Å²) >= 11 is 19.1. The lowest BCUT2D eigenvalue weighted by Crippen LogP contribution is -2.32. The summed E-state index contributed by atoms with van der Waals surface area (Å²) in [6.45, 7) is 11.0. The summed E-state index contributed by atoms with van der Waals surface area (Å²) in [4.78, 5) is 0. The van der Waals surface area contributed by atoms with Crippen LogP contribution in [0.4, 0.5) is 0 Å². The Hall–Kier alpha value is 0.980. The molecule has 0 amide bonds. The van der Waals surface area contributed by atoms with E-state index >= 15 is 0 Å². The molecule has 0 fully saturated rings. The summed E-state index contributed by atoms with van der Waals surface area (Å²) in [6.07, 6.45) is 2.60. The van der Waals surface area contributed by atoms with Gasteiger partial charge in [0.15, 0.2) is 15.2 Å². The summed E-state index contributed by atoms with van der Waals surface area (Å²) in [5.74, 6) is 0. The van der Waals surface area contributed by atoms with Crippen molar-refractivity contribution in [2.75, 3.05) is 0 Å². The lowest BCUT2D eigenvalue weighted by Gasteiger charge is -2.37. The Balaban J connectivity index is 5.65. The van der Waals surface area contributed by atoms with Gasteiger partial charge < -0.3 is 0 Å². The quantitative estimate of drug-likeness (QED) is 0.248. The van der Waals surface area contributed by atoms with Gasteiger partial charge in [-0.2, -0.15) is 0 Å². The van der Waals surface area contributed by atoms with Crippen molar-refractivity contribution in [1.29, 1.82) is 0 Å². The second-order valence-electron chi connectivity index (χ2n) is 5.49. The summed E-state index contributed by atoms with van der Waals surface area (Å²) in [7, 11) is -4.08. The maximum absolute atomic E-state index is 13.3. The van der Waals surface area contributed by atoms with Crippen LogP contribution in [0.1, 0.15) is 80.1 Å². The van der Waals surface area contributed by atoms with E-state index in [0.29, 0.717) is 38.5 Å². The Bertz CT molecular complexity index is 337. The number of phosphoric acid groups is 1. The van der Waals surface area contributed by atoms with Crippen molar-refractivity contribution in [2.45, 2.75) is 95.2 Å². The molecule has 23 heavy (non-hydrogen) atoms. The first-order chi connectivity index (χ1) is 10.5. The van der Waals surface area contributed by atoms with Gasteiger partial charge in [-0.25, -0.2) is 4.57 Å². The Morgan fingerprint density at radius 2 is 0.783 bits per heavy atom. The van der Waals surface area contributed by atoms with Crippen LogP contribution >= 0.6 is 42.6 Å². The Labute approximate surface area is 156 Å². The molecule has 8 heteroatoms. The maximum Gasteiger partial charge on any atom is 0.479 e. The largest absolute Gasteiger partial charge is 0.479 e. The van der Waals surface area contributed by atoms with Crippen molar-refractivity contribution in [3.63, 3.8) is 0 Å². The topological polar surface area (TPSA) is 44.8 Å². The van der Waals surface area contributed by atoms with Crippen LogP contribution in [-0.4, -0.2) is 15.2 Å². The van der Waals surface area contributed by atoms with Gasteiger partial charge in [0.2, 0.25) is 0 Å². The molecule has 0 unspecified atom stereocenters. The summed E-state index contributed by atoms with van der Waals surface area (Å²) in [6, 6.07) is 0. The first-order valence-electron chi connectivity index (χ1n) is 8.27. The molecule has 0 spiro atoms. The minimum atomic E-state index is -4.08. The summed E-state index contributed by atoms with van der Waals surface area (Å²) < 4.78 is 30.2. The normalized spacial score (nSPS) is 14.3. The molecule has 140 valence electrons. The van der Waals surface area contributed by atoms with Crippen LogP contribution in [0.15, 0.2) is 0 Å². The van der Waals surface area contributed by atoms with Crippen LogP contribution in [-0.2, 0) is 18.1 Å². The Kier molecular flexibility index (Phi) is 10.0. The SMILES string of the molecule is CCC(Cl)(CC)OP(=O)(OC(Cl)(CC)CC)OC(Cl)(CC)CC. The van der Waals surface area contributed by atoms with Gasteiger partial charge in [0.05, 0.1) is 0 Å². The molecule has 0 saturated heterocycles. The van der Waals surface area contributed by atoms with E-state index in [-0.39, 0.29) is 0 Å². The van der Waals surface area contributed by atoms with Gasteiger partial charge in [0, 0.05) is 0 Å². The number of halogens is 3. The van der Waals surface area contributed by atoms with Crippen molar-refractivity contribution in [3.05, 3.63) is 0 Å². The van der Waals surface area contributed by atoms with Crippen LogP contribution < -0.4 is 0 Å². The van der Waals surface area contributed by atoms with Crippen molar-refractivity contribution >= 4 is 42.6 Å². The molecule has 0 heterocycles. The maximum atomic E-state index is 13.3. The number of rotatable bonds is 12. The van der Waals surface area contributed by atoms with Gasteiger partial charge in [0.25, 0.3) is 0 Å². The number of hydrogen-bond acceptors (Lipinski definition) is 4. The van der Waals surface area contributed by atoms with Gasteiger partial charge >= 0.3 is 7.82 Å². The Morgan fingerprint density at radius 1 is 0.609 bits per heavy atom. The predicted octanol–water partition coefficient (Wildman–Crippen LogP) is 7.41. The fourth-order valence-corrected chi connectivity index (χ4v) is 4.64. The monoisotopic (exact) mass is 410 g/mol. The highest BCUT2D eigenvalue weighted by Gasteiger charge is 2.47. The third-order valence-electron chi connectivity index (χ3n) is 3.99. The van der Waals surface area contributed by atoms with E-state index in [1.807, 2.05) is 41.5 Å². The highest BCUT2D eigenvalue weighted by atomic mass is 35.5. The molecule has 0 saturated carbocycles. The van der Waals surface area contributed by atoms with Gasteiger partial charge in [-0.1, -0.05) is 76.3 Å². The van der Waals surface area contributed by atoms with E-state index in [1.54, 1.807) is 0 Å². The molecule has 0 aromatic rings. The van der Waals surface area contributed by atoms with E-state index < -0.39 is 23.0 Å². The predicted molar refractivity (Wildman–Crippen MR) is 98.4 cm³/mol. The van der Waals surface area contributed by atoms with Crippen LogP contribution in [0.25, 0.3) is 0 Å². The zero-order valence-electron chi connectivity index (χ0n) is 15.0. The first-order valence-corrected chi connectivity index (χ1v) is 10.9. The zero-order chi connectivity index (χ0) is 18.4. The van der Waals surface area contributed by atoms with E-state index in [2.05, 4.69) is 0 Å². The average molecular weight is 412 g/mol. The molecule has 0 aliphatic heterocycles. The minimum absolute atomic E-state index is 0.433. The number of alkyl halides is 3. The van der Waals surface area contributed by atoms with Crippen molar-refractivity contribution in [3.8, 4) is 0 Å². The first kappa shape index (κ1) is 24.0. The highest BCUT2D eigenvalue weighted by Crippen LogP contribution is 2.62. The second kappa shape index (κ2) is 9.62. The van der Waals surface area contributed by atoms with E-state index in [4.69, 9.17) is 48.4 Å². The van der Waals surface area contributed by atoms with E-state index in [1.165, 1.54) is 0 Å². The number of hydrogen-bond donors (Lipinski definition) is 0. The third kappa shape index (κ3) is 7.40. The molecule has 0 N–H and O–H groups in total. The van der Waals surface area contributed by atoms with Crippen LogP contribution in [0.5, 0.6) is 0 Å². The van der Waals surface area contributed by atoms with Crippen molar-refractivity contribution in [2.24, 2.45) is 0 Å². The molecule has 4 nitrogen and oxygen atoms in total. The molecule has 0 rings (SSSR count). The van der Waals surface area contributed by atoms with Crippen LogP contribution in [0.3, 0.4) is 0 Å². The highest BCUT2D eigenvalue weighted by molar-refractivity contribution is 7.48. The third-order valence-corrected chi connectivity index (χ3v) is 7.87. The lowest BCUT2D eigenvalue weighted by atomic mass is 10.2. The van der Waals surface area contributed by atoms with E-state index in [0.717, 1.165) is 0 Å². The molecule has 0 aromatic heterocycles. The second-order valence-corrected chi connectivity index (χ2v) is 9.00. The molecule has 0 aliphatic rings. The lowest BCUT2D eigenvalue weighted by molar-refractivity contribution is -0.00981. The Morgan fingerprint density at radius 3 is 0.913 bits per heavy atom. The van der Waals surface area contributed by atoms with Gasteiger partial charge in [-0.3, -0.25) is 13.6 Å². The standard InChI is InChI=1S/C15H30Cl3O4P/c1-7-13(16,8-2)20-23(19,21-14(17,9-3)10-4)22-15(18,11-5)12-6/h7-12H2,1-6H3. The average Bonchev–Trinajstić information content (AvgIpc) is 2.53. The van der Waals surface area contributed by atoms with E-state index in [9.17, 15) is 4.57 Å². The fraction of sp³-hybridized carbons (Fsp3) is 1.00. The molecule has 0 atom stereocenters. The molecular formula is C15H30Cl3O4P. The fourth-order valence-electron chi connectivity index (χ4n) is 1.79. The zero-order valence-corrected chi connectivity index (χ0v) is 18.1. The summed E-state index contributed by atoms with van der Waals surface area (Å²) in [5, 5.41) is -3.48. The van der Waals surface area contributed by atoms with Crippen LogP contribution in [0, 0.1) is 0 Å². The molecule has 0 aliphatic carbocycles. The molecule has 0 radical (unpaired) electrons. The minimum Gasteiger partial charge on any atom is -0.264 e. The van der Waals surface area contributed by atoms with Gasteiger partial charge in [0.1, 0.15) is 0 Å². The smallest absolute Gasteiger partial charge is 0.264 e. The van der Waals surface area contributed by atoms with Crippen molar-refractivity contribution < 1.29 is 18.1 Å².